The van der Waals surface area contributed by atoms with E-state index in [1.807, 2.05) is 30.3 Å². The average Bonchev–Trinajstić information content (AvgIpc) is 2.48. The Morgan fingerprint density at radius 1 is 1.16 bits per heavy atom. The van der Waals surface area contributed by atoms with E-state index >= 15 is 0 Å². The molecule has 0 aromatic heterocycles. The highest BCUT2D eigenvalue weighted by molar-refractivity contribution is 5.99. The standard InChI is InChI=1S/C15H16N2O2/c1-2-11-7-9-12(10-8-11)19-14-6-4-3-5-13(14)15(16)17-18/h3-10,18H,2H2,1H3,(H2,16,17). The Balaban J connectivity index is 2.27. The van der Waals surface area contributed by atoms with Gasteiger partial charge in [-0.05, 0) is 36.2 Å². The number of aryl methyl sites for hydroxylation is 1. The Bertz CT molecular complexity index is 577. The molecule has 0 bridgehead atoms. The Labute approximate surface area is 112 Å². The monoisotopic (exact) mass is 256 g/mol. The molecule has 2 aromatic rings. The SMILES string of the molecule is CCc1ccc(Oc2ccccc2/C(N)=N/O)cc1. The zero-order valence-corrected chi connectivity index (χ0v) is 10.7. The van der Waals surface area contributed by atoms with Crippen LogP contribution in [0.25, 0.3) is 0 Å². The largest absolute Gasteiger partial charge is 0.457 e. The number of rotatable bonds is 4. The van der Waals surface area contributed by atoms with Crippen molar-refractivity contribution in [3.8, 4) is 11.5 Å². The van der Waals surface area contributed by atoms with Crippen LogP contribution in [0.15, 0.2) is 53.7 Å². The van der Waals surface area contributed by atoms with Crippen LogP contribution in [-0.4, -0.2) is 11.0 Å². The third-order valence-electron chi connectivity index (χ3n) is 2.83. The molecule has 2 rings (SSSR count). The normalized spacial score (nSPS) is 11.3. The summed E-state index contributed by atoms with van der Waals surface area (Å²) in [6.45, 7) is 2.10. The molecule has 0 heterocycles. The number of nitrogens with two attached hydrogens (primary N) is 1. The summed E-state index contributed by atoms with van der Waals surface area (Å²) in [6, 6.07) is 15.0. The highest BCUT2D eigenvalue weighted by Gasteiger charge is 2.08. The molecule has 4 heteroatoms. The van der Waals surface area contributed by atoms with Crippen molar-refractivity contribution in [3.63, 3.8) is 0 Å². The lowest BCUT2D eigenvalue weighted by Gasteiger charge is -2.10. The molecule has 0 saturated carbocycles. The van der Waals surface area contributed by atoms with Gasteiger partial charge in [0.1, 0.15) is 11.5 Å². The summed E-state index contributed by atoms with van der Waals surface area (Å²) in [7, 11) is 0. The summed E-state index contributed by atoms with van der Waals surface area (Å²) in [5.41, 5.74) is 7.42. The lowest BCUT2D eigenvalue weighted by atomic mass is 10.1. The number of ether oxygens (including phenoxy) is 1. The Morgan fingerprint density at radius 2 is 1.84 bits per heavy atom. The first-order valence-corrected chi connectivity index (χ1v) is 6.08. The topological polar surface area (TPSA) is 67.8 Å². The zero-order valence-electron chi connectivity index (χ0n) is 10.7. The number of benzene rings is 2. The molecule has 0 aliphatic heterocycles. The Kier molecular flexibility index (Phi) is 4.03. The fraction of sp³-hybridized carbons (Fsp3) is 0.133. The maximum absolute atomic E-state index is 8.75. The third-order valence-corrected chi connectivity index (χ3v) is 2.83. The summed E-state index contributed by atoms with van der Waals surface area (Å²) in [5, 5.41) is 11.8. The van der Waals surface area contributed by atoms with E-state index in [2.05, 4.69) is 12.1 Å². The van der Waals surface area contributed by atoms with Gasteiger partial charge in [0.25, 0.3) is 0 Å². The van der Waals surface area contributed by atoms with Crippen molar-refractivity contribution in [2.75, 3.05) is 0 Å². The quantitative estimate of drug-likeness (QED) is 0.382. The van der Waals surface area contributed by atoms with Gasteiger partial charge in [-0.1, -0.05) is 36.3 Å². The van der Waals surface area contributed by atoms with Crippen molar-refractivity contribution >= 4 is 5.84 Å². The summed E-state index contributed by atoms with van der Waals surface area (Å²) >= 11 is 0. The number of hydrogen-bond donors (Lipinski definition) is 2. The highest BCUT2D eigenvalue weighted by atomic mass is 16.5. The minimum Gasteiger partial charge on any atom is -0.457 e. The number of nitrogens with zero attached hydrogens (tertiary/aromatic N) is 1. The van der Waals surface area contributed by atoms with Crippen molar-refractivity contribution < 1.29 is 9.94 Å². The molecule has 19 heavy (non-hydrogen) atoms. The van der Waals surface area contributed by atoms with E-state index in [0.29, 0.717) is 11.3 Å². The second kappa shape index (κ2) is 5.91. The summed E-state index contributed by atoms with van der Waals surface area (Å²) < 4.78 is 5.76. The smallest absolute Gasteiger partial charge is 0.173 e. The average molecular weight is 256 g/mol. The Hall–Kier alpha value is -2.49. The molecule has 0 aliphatic carbocycles. The van der Waals surface area contributed by atoms with Gasteiger partial charge in [-0.2, -0.15) is 0 Å². The van der Waals surface area contributed by atoms with Crippen LogP contribution in [0.1, 0.15) is 18.1 Å². The molecule has 0 aliphatic rings. The molecular formula is C15H16N2O2. The van der Waals surface area contributed by atoms with Gasteiger partial charge in [0.2, 0.25) is 0 Å². The second-order valence-corrected chi connectivity index (χ2v) is 4.08. The molecule has 3 N–H and O–H groups in total. The third kappa shape index (κ3) is 3.04. The minimum absolute atomic E-state index is 0.0285. The van der Waals surface area contributed by atoms with Gasteiger partial charge in [-0.3, -0.25) is 0 Å². The van der Waals surface area contributed by atoms with Crippen LogP contribution in [0.3, 0.4) is 0 Å². The Morgan fingerprint density at radius 3 is 2.47 bits per heavy atom. The van der Waals surface area contributed by atoms with Crippen LogP contribution in [0.2, 0.25) is 0 Å². The predicted molar refractivity (Wildman–Crippen MR) is 74.8 cm³/mol. The van der Waals surface area contributed by atoms with Crippen molar-refractivity contribution in [2.45, 2.75) is 13.3 Å². The van der Waals surface area contributed by atoms with Gasteiger partial charge < -0.3 is 15.7 Å². The first-order chi connectivity index (χ1) is 9.24. The van der Waals surface area contributed by atoms with Crippen LogP contribution in [0, 0.1) is 0 Å². The predicted octanol–water partition coefficient (Wildman–Crippen LogP) is 3.14. The van der Waals surface area contributed by atoms with E-state index < -0.39 is 0 Å². The first-order valence-electron chi connectivity index (χ1n) is 6.08. The summed E-state index contributed by atoms with van der Waals surface area (Å²) in [4.78, 5) is 0. The van der Waals surface area contributed by atoms with Gasteiger partial charge in [-0.15, -0.1) is 0 Å². The molecule has 4 nitrogen and oxygen atoms in total. The van der Waals surface area contributed by atoms with Crippen LogP contribution in [-0.2, 0) is 6.42 Å². The maximum atomic E-state index is 8.75. The zero-order chi connectivity index (χ0) is 13.7. The fourth-order valence-electron chi connectivity index (χ4n) is 1.74. The molecule has 0 spiro atoms. The summed E-state index contributed by atoms with van der Waals surface area (Å²) in [6.07, 6.45) is 0.987. The lowest BCUT2D eigenvalue weighted by molar-refractivity contribution is 0.318. The molecule has 2 aromatic carbocycles. The number of oxime groups is 1. The van der Waals surface area contributed by atoms with Crippen LogP contribution in [0.4, 0.5) is 0 Å². The fourth-order valence-corrected chi connectivity index (χ4v) is 1.74. The van der Waals surface area contributed by atoms with Gasteiger partial charge in [0.05, 0.1) is 5.56 Å². The highest BCUT2D eigenvalue weighted by Crippen LogP contribution is 2.25. The van der Waals surface area contributed by atoms with Gasteiger partial charge in [-0.25, -0.2) is 0 Å². The van der Waals surface area contributed by atoms with E-state index in [9.17, 15) is 0 Å². The van der Waals surface area contributed by atoms with Crippen LogP contribution in [0.5, 0.6) is 11.5 Å². The van der Waals surface area contributed by atoms with Crippen LogP contribution >= 0.6 is 0 Å². The number of amidine groups is 1. The van der Waals surface area contributed by atoms with Crippen molar-refractivity contribution in [1.29, 1.82) is 0 Å². The van der Waals surface area contributed by atoms with Crippen molar-refractivity contribution in [1.82, 2.24) is 0 Å². The van der Waals surface area contributed by atoms with E-state index in [4.69, 9.17) is 15.7 Å². The van der Waals surface area contributed by atoms with E-state index in [-0.39, 0.29) is 5.84 Å². The molecule has 0 atom stereocenters. The lowest BCUT2D eigenvalue weighted by Crippen LogP contribution is -2.14. The number of hydrogen-bond acceptors (Lipinski definition) is 3. The minimum atomic E-state index is 0.0285. The van der Waals surface area contributed by atoms with Gasteiger partial charge >= 0.3 is 0 Å². The molecular weight excluding hydrogens is 240 g/mol. The van der Waals surface area contributed by atoms with E-state index in [1.165, 1.54) is 5.56 Å². The van der Waals surface area contributed by atoms with Crippen molar-refractivity contribution in [3.05, 3.63) is 59.7 Å². The molecule has 0 saturated heterocycles. The molecule has 0 radical (unpaired) electrons. The summed E-state index contributed by atoms with van der Waals surface area (Å²) in [5.74, 6) is 1.30. The molecule has 0 unspecified atom stereocenters. The first kappa shape index (κ1) is 13.0. The van der Waals surface area contributed by atoms with E-state index in [1.54, 1.807) is 18.2 Å². The molecule has 0 amide bonds. The second-order valence-electron chi connectivity index (χ2n) is 4.08. The maximum Gasteiger partial charge on any atom is 0.173 e. The van der Waals surface area contributed by atoms with E-state index in [0.717, 1.165) is 12.2 Å². The molecule has 98 valence electrons. The van der Waals surface area contributed by atoms with Crippen molar-refractivity contribution in [2.24, 2.45) is 10.9 Å². The van der Waals surface area contributed by atoms with Gasteiger partial charge in [0, 0.05) is 0 Å². The van der Waals surface area contributed by atoms with Crippen LogP contribution < -0.4 is 10.5 Å². The molecule has 0 fully saturated rings. The van der Waals surface area contributed by atoms with Gasteiger partial charge in [0.15, 0.2) is 5.84 Å². The number of para-hydroxylation sites is 1.